The number of benzene rings is 1. The number of carbonyl (C=O) groups excluding carboxylic acids is 2. The van der Waals surface area contributed by atoms with Gasteiger partial charge in [-0.2, -0.15) is 5.26 Å². The smallest absolute Gasteiger partial charge is 0.310 e. The van der Waals surface area contributed by atoms with Crippen LogP contribution in [0.1, 0.15) is 12.5 Å². The zero-order valence-electron chi connectivity index (χ0n) is 11.2. The molecular weight excluding hydrogens is 315 g/mol. The first-order valence-electron chi connectivity index (χ1n) is 5.85. The Labute approximate surface area is 131 Å². The van der Waals surface area contributed by atoms with Gasteiger partial charge < -0.3 is 10.5 Å². The monoisotopic (exact) mass is 326 g/mol. The van der Waals surface area contributed by atoms with Crippen molar-refractivity contribution in [2.75, 3.05) is 6.61 Å². The van der Waals surface area contributed by atoms with Gasteiger partial charge in [-0.15, -0.1) is 0 Å². The number of Topliss-reactive ketones (excluding diaryl/α,β-unsaturated/α-hetero) is 1. The number of allylic oxidation sites excluding steroid dienone is 1. The third kappa shape index (κ3) is 4.78. The number of nitrogens with zero attached hydrogens (tertiary/aromatic N) is 1. The first-order valence-corrected chi connectivity index (χ1v) is 6.60. The Morgan fingerprint density at radius 2 is 1.90 bits per heavy atom. The van der Waals surface area contributed by atoms with Gasteiger partial charge >= 0.3 is 5.97 Å². The number of ketones is 1. The molecule has 7 heteroatoms. The lowest BCUT2D eigenvalue weighted by atomic mass is 10.1. The fraction of sp³-hybridized carbons (Fsp3) is 0.214. The number of esters is 1. The van der Waals surface area contributed by atoms with E-state index in [4.69, 9.17) is 38.9 Å². The molecule has 21 heavy (non-hydrogen) atoms. The minimum atomic E-state index is -0.676. The predicted molar refractivity (Wildman–Crippen MR) is 78.6 cm³/mol. The van der Waals surface area contributed by atoms with Crippen LogP contribution in [0.5, 0.6) is 0 Å². The van der Waals surface area contributed by atoms with Crippen LogP contribution in [0.4, 0.5) is 0 Å². The Morgan fingerprint density at radius 3 is 2.38 bits per heavy atom. The van der Waals surface area contributed by atoms with Crippen molar-refractivity contribution in [3.63, 3.8) is 0 Å². The Hall–Kier alpha value is -2.03. The maximum atomic E-state index is 11.7. The van der Waals surface area contributed by atoms with Gasteiger partial charge in [0.15, 0.2) is 6.61 Å². The Bertz CT molecular complexity index is 624. The Balaban J connectivity index is 2.66. The van der Waals surface area contributed by atoms with Crippen LogP contribution in [-0.4, -0.2) is 18.4 Å². The summed E-state index contributed by atoms with van der Waals surface area (Å²) >= 11 is 11.8. The second kappa shape index (κ2) is 7.67. The van der Waals surface area contributed by atoms with E-state index in [1.54, 1.807) is 24.3 Å². The van der Waals surface area contributed by atoms with Crippen LogP contribution in [0.3, 0.4) is 0 Å². The number of hydrogen-bond donors (Lipinski definition) is 1. The lowest BCUT2D eigenvalue weighted by molar-refractivity contribution is -0.146. The van der Waals surface area contributed by atoms with E-state index in [-0.39, 0.29) is 17.7 Å². The van der Waals surface area contributed by atoms with E-state index in [1.807, 2.05) is 0 Å². The van der Waals surface area contributed by atoms with E-state index in [1.165, 1.54) is 6.92 Å². The fourth-order valence-corrected chi connectivity index (χ4v) is 2.02. The molecule has 0 heterocycles. The lowest BCUT2D eigenvalue weighted by Crippen LogP contribution is -2.18. The molecule has 0 aliphatic carbocycles. The molecule has 0 bridgehead atoms. The van der Waals surface area contributed by atoms with Gasteiger partial charge in [-0.25, -0.2) is 0 Å². The highest BCUT2D eigenvalue weighted by molar-refractivity contribution is 6.36. The molecule has 0 aromatic heterocycles. The van der Waals surface area contributed by atoms with Gasteiger partial charge in [-0.05, 0) is 19.1 Å². The van der Waals surface area contributed by atoms with Crippen LogP contribution in [0, 0.1) is 11.3 Å². The Kier molecular flexibility index (Phi) is 6.22. The number of nitrogens with two attached hydrogens (primary N) is 1. The molecule has 0 aliphatic rings. The van der Waals surface area contributed by atoms with Crippen LogP contribution >= 0.6 is 23.2 Å². The summed E-state index contributed by atoms with van der Waals surface area (Å²) in [6.45, 7) is 0.861. The molecule has 0 atom stereocenters. The summed E-state index contributed by atoms with van der Waals surface area (Å²) < 4.78 is 4.80. The molecule has 0 aliphatic heterocycles. The van der Waals surface area contributed by atoms with Gasteiger partial charge in [0.05, 0.1) is 6.42 Å². The zero-order chi connectivity index (χ0) is 16.0. The third-order valence-electron chi connectivity index (χ3n) is 2.53. The van der Waals surface area contributed by atoms with Crippen LogP contribution in [-0.2, 0) is 20.7 Å². The summed E-state index contributed by atoms with van der Waals surface area (Å²) in [6.07, 6.45) is -0.168. The standard InChI is InChI=1S/C14H12Cl2N2O3/c1-8(18)10(6-17)13(19)7-21-14(20)5-9-11(15)3-2-4-12(9)16/h2-4H,5,7,18H2,1H3/b10-8+. The summed E-state index contributed by atoms with van der Waals surface area (Å²) in [5.74, 6) is -1.33. The van der Waals surface area contributed by atoms with Crippen molar-refractivity contribution < 1.29 is 14.3 Å². The van der Waals surface area contributed by atoms with Crippen LogP contribution in [0.25, 0.3) is 0 Å². The maximum Gasteiger partial charge on any atom is 0.310 e. The van der Waals surface area contributed by atoms with Crippen molar-refractivity contribution in [2.24, 2.45) is 5.73 Å². The molecule has 0 radical (unpaired) electrons. The van der Waals surface area contributed by atoms with Gasteiger partial charge in [0, 0.05) is 21.3 Å². The first kappa shape index (κ1) is 17.0. The van der Waals surface area contributed by atoms with Gasteiger partial charge in [-0.3, -0.25) is 9.59 Å². The predicted octanol–water partition coefficient (Wildman–Crippen LogP) is 2.40. The minimum Gasteiger partial charge on any atom is -0.457 e. The summed E-state index contributed by atoms with van der Waals surface area (Å²) in [4.78, 5) is 23.3. The molecule has 0 spiro atoms. The highest BCUT2D eigenvalue weighted by atomic mass is 35.5. The number of carbonyl (C=O) groups is 2. The molecular formula is C14H12Cl2N2O3. The molecule has 110 valence electrons. The first-order chi connectivity index (χ1) is 9.86. The van der Waals surface area contributed by atoms with Gasteiger partial charge in [0.1, 0.15) is 11.6 Å². The Morgan fingerprint density at radius 1 is 1.33 bits per heavy atom. The highest BCUT2D eigenvalue weighted by Crippen LogP contribution is 2.24. The van der Waals surface area contributed by atoms with Crippen LogP contribution in [0.15, 0.2) is 29.5 Å². The van der Waals surface area contributed by atoms with Gasteiger partial charge in [-0.1, -0.05) is 29.3 Å². The molecule has 1 aromatic rings. The molecule has 2 N–H and O–H groups in total. The highest BCUT2D eigenvalue weighted by Gasteiger charge is 2.16. The number of halogens is 2. The van der Waals surface area contributed by atoms with Crippen LogP contribution < -0.4 is 5.73 Å². The lowest BCUT2D eigenvalue weighted by Gasteiger charge is -2.07. The van der Waals surface area contributed by atoms with E-state index in [0.29, 0.717) is 15.6 Å². The van der Waals surface area contributed by atoms with E-state index in [9.17, 15) is 9.59 Å². The molecule has 0 fully saturated rings. The average Bonchev–Trinajstić information content (AvgIpc) is 2.41. The van der Waals surface area contributed by atoms with Crippen molar-refractivity contribution in [2.45, 2.75) is 13.3 Å². The summed E-state index contributed by atoms with van der Waals surface area (Å²) in [6, 6.07) is 6.50. The van der Waals surface area contributed by atoms with E-state index < -0.39 is 18.4 Å². The van der Waals surface area contributed by atoms with Crippen molar-refractivity contribution in [3.05, 3.63) is 45.1 Å². The quantitative estimate of drug-likeness (QED) is 0.509. The zero-order valence-corrected chi connectivity index (χ0v) is 12.7. The van der Waals surface area contributed by atoms with E-state index >= 15 is 0 Å². The van der Waals surface area contributed by atoms with Crippen molar-refractivity contribution in [1.82, 2.24) is 0 Å². The average molecular weight is 327 g/mol. The summed E-state index contributed by atoms with van der Waals surface area (Å²) in [5.41, 5.74) is 5.65. The molecule has 0 saturated heterocycles. The summed E-state index contributed by atoms with van der Waals surface area (Å²) in [7, 11) is 0. The van der Waals surface area contributed by atoms with Gasteiger partial charge in [0.25, 0.3) is 0 Å². The number of ether oxygens (including phenoxy) is 1. The van der Waals surface area contributed by atoms with Crippen molar-refractivity contribution in [3.8, 4) is 6.07 Å². The minimum absolute atomic E-state index is 0.0766. The van der Waals surface area contributed by atoms with Crippen LogP contribution in [0.2, 0.25) is 10.0 Å². The number of hydrogen-bond acceptors (Lipinski definition) is 5. The number of rotatable bonds is 5. The summed E-state index contributed by atoms with van der Waals surface area (Å²) in [5, 5.41) is 9.42. The molecule has 1 rings (SSSR count). The van der Waals surface area contributed by atoms with Crippen molar-refractivity contribution >= 4 is 35.0 Å². The SMILES string of the molecule is C/C(N)=C(/C#N)C(=O)COC(=O)Cc1c(Cl)cccc1Cl. The second-order valence-electron chi connectivity index (χ2n) is 4.13. The topological polar surface area (TPSA) is 93.2 Å². The second-order valence-corrected chi connectivity index (χ2v) is 4.95. The fourth-order valence-electron chi connectivity index (χ4n) is 1.49. The molecule has 0 amide bonds. The maximum absolute atomic E-state index is 11.7. The van der Waals surface area contributed by atoms with Crippen molar-refractivity contribution in [1.29, 1.82) is 5.26 Å². The molecule has 1 aromatic carbocycles. The molecule has 0 saturated carbocycles. The third-order valence-corrected chi connectivity index (χ3v) is 3.24. The molecule has 0 unspecified atom stereocenters. The largest absolute Gasteiger partial charge is 0.457 e. The molecule has 5 nitrogen and oxygen atoms in total. The normalized spacial score (nSPS) is 11.3. The van der Waals surface area contributed by atoms with E-state index in [0.717, 1.165) is 0 Å². The number of nitriles is 1. The van der Waals surface area contributed by atoms with Gasteiger partial charge in [0.2, 0.25) is 5.78 Å². The van der Waals surface area contributed by atoms with E-state index in [2.05, 4.69) is 0 Å².